The van der Waals surface area contributed by atoms with Crippen molar-refractivity contribution >= 4 is 28.4 Å². The van der Waals surface area contributed by atoms with Gasteiger partial charge in [0.25, 0.3) is 0 Å². The van der Waals surface area contributed by atoms with Crippen LogP contribution in [-0.2, 0) is 0 Å². The topological polar surface area (TPSA) is 55.5 Å². The van der Waals surface area contributed by atoms with Gasteiger partial charge >= 0.3 is 0 Å². The van der Waals surface area contributed by atoms with E-state index in [0.717, 1.165) is 0 Å². The molecule has 0 amide bonds. The first-order valence-electron chi connectivity index (χ1n) is 3.18. The molecule has 0 atom stereocenters. The molecule has 2 aromatic rings. The van der Waals surface area contributed by atoms with Gasteiger partial charge in [-0.05, 0) is 5.18 Å². The first kappa shape index (κ1) is 7.24. The molecular formula is C7H3ClN2O2. The summed E-state index contributed by atoms with van der Waals surface area (Å²) in [4.78, 5) is 14.1. The van der Waals surface area contributed by atoms with E-state index < -0.39 is 0 Å². The van der Waals surface area contributed by atoms with Crippen LogP contribution >= 0.6 is 11.6 Å². The van der Waals surface area contributed by atoms with Gasteiger partial charge in [-0.2, -0.15) is 0 Å². The highest BCUT2D eigenvalue weighted by Gasteiger charge is 2.08. The van der Waals surface area contributed by atoms with Crippen LogP contribution in [-0.4, -0.2) is 4.98 Å². The number of fused-ring (bicyclic) bond motifs is 1. The van der Waals surface area contributed by atoms with Crippen LogP contribution in [0.15, 0.2) is 28.1 Å². The summed E-state index contributed by atoms with van der Waals surface area (Å²) in [7, 11) is 0. The highest BCUT2D eigenvalue weighted by Crippen LogP contribution is 2.31. The fourth-order valence-corrected chi connectivity index (χ4v) is 1.16. The normalized spacial score (nSPS) is 10.4. The Morgan fingerprint density at radius 2 is 2.42 bits per heavy atom. The molecule has 0 saturated heterocycles. The number of halogens is 1. The molecule has 4 nitrogen and oxygen atoms in total. The third-order valence-corrected chi connectivity index (χ3v) is 1.86. The zero-order valence-electron chi connectivity index (χ0n) is 5.82. The zero-order valence-corrected chi connectivity index (χ0v) is 6.58. The first-order valence-corrected chi connectivity index (χ1v) is 3.56. The molecule has 2 heterocycles. The van der Waals surface area contributed by atoms with E-state index in [1.54, 1.807) is 6.07 Å². The highest BCUT2D eigenvalue weighted by atomic mass is 35.5. The molecule has 0 aromatic carbocycles. The van der Waals surface area contributed by atoms with E-state index in [2.05, 4.69) is 10.2 Å². The van der Waals surface area contributed by atoms with Crippen molar-refractivity contribution in [3.05, 3.63) is 28.5 Å². The summed E-state index contributed by atoms with van der Waals surface area (Å²) < 4.78 is 5.00. The van der Waals surface area contributed by atoms with Crippen LogP contribution < -0.4 is 0 Å². The summed E-state index contributed by atoms with van der Waals surface area (Å²) in [6, 6.07) is 1.66. The van der Waals surface area contributed by atoms with Gasteiger partial charge in [-0.15, -0.1) is 4.91 Å². The van der Waals surface area contributed by atoms with Gasteiger partial charge in [0.2, 0.25) is 0 Å². The van der Waals surface area contributed by atoms with Crippen LogP contribution in [0.25, 0.3) is 11.1 Å². The smallest absolute Gasteiger partial charge is 0.173 e. The molecule has 0 aliphatic carbocycles. The lowest BCUT2D eigenvalue weighted by atomic mass is 10.3. The lowest BCUT2D eigenvalue weighted by Crippen LogP contribution is -1.74. The number of aromatic nitrogens is 1. The lowest BCUT2D eigenvalue weighted by molar-refractivity contribution is 0.615. The quantitative estimate of drug-likeness (QED) is 0.637. The molecule has 0 spiro atoms. The SMILES string of the molecule is O=Nc1cnc2ccoc2c1Cl. The van der Waals surface area contributed by atoms with Crippen molar-refractivity contribution in [3.8, 4) is 0 Å². The summed E-state index contributed by atoms with van der Waals surface area (Å²) in [5, 5.41) is 2.90. The Balaban J connectivity index is 2.86. The van der Waals surface area contributed by atoms with Crippen molar-refractivity contribution in [3.63, 3.8) is 0 Å². The Morgan fingerprint density at radius 3 is 3.17 bits per heavy atom. The van der Waals surface area contributed by atoms with Crippen molar-refractivity contribution in [2.45, 2.75) is 0 Å². The van der Waals surface area contributed by atoms with Crippen LogP contribution in [0.4, 0.5) is 5.69 Å². The second-order valence-corrected chi connectivity index (χ2v) is 2.56. The lowest BCUT2D eigenvalue weighted by Gasteiger charge is -1.92. The fourth-order valence-electron chi connectivity index (χ4n) is 0.936. The van der Waals surface area contributed by atoms with Crippen molar-refractivity contribution < 1.29 is 4.42 Å². The molecule has 0 aliphatic heterocycles. The molecule has 0 radical (unpaired) electrons. The van der Waals surface area contributed by atoms with E-state index >= 15 is 0 Å². The van der Waals surface area contributed by atoms with Gasteiger partial charge in [0.15, 0.2) is 5.58 Å². The third-order valence-electron chi connectivity index (χ3n) is 1.49. The minimum Gasteiger partial charge on any atom is -0.461 e. The maximum atomic E-state index is 10.2. The van der Waals surface area contributed by atoms with Gasteiger partial charge in [-0.1, -0.05) is 11.6 Å². The van der Waals surface area contributed by atoms with Gasteiger partial charge in [0, 0.05) is 6.07 Å². The van der Waals surface area contributed by atoms with E-state index in [1.165, 1.54) is 12.5 Å². The van der Waals surface area contributed by atoms with Crippen molar-refractivity contribution in [1.29, 1.82) is 0 Å². The van der Waals surface area contributed by atoms with E-state index in [0.29, 0.717) is 11.1 Å². The molecule has 5 heteroatoms. The first-order chi connectivity index (χ1) is 5.83. The summed E-state index contributed by atoms with van der Waals surface area (Å²) >= 11 is 5.76. The highest BCUT2D eigenvalue weighted by molar-refractivity contribution is 6.37. The molecule has 0 saturated carbocycles. The van der Waals surface area contributed by atoms with E-state index in [4.69, 9.17) is 16.0 Å². The molecule has 60 valence electrons. The predicted molar refractivity (Wildman–Crippen MR) is 44.5 cm³/mol. The standard InChI is InChI=1S/C7H3ClN2O2/c8-6-5(10-11)3-9-4-1-2-12-7(4)6/h1-3H. The molecule has 0 bridgehead atoms. The van der Waals surface area contributed by atoms with Crippen LogP contribution in [0.1, 0.15) is 0 Å². The Bertz CT molecular complexity index is 438. The number of furan rings is 1. The third kappa shape index (κ3) is 0.887. The van der Waals surface area contributed by atoms with E-state index in [9.17, 15) is 4.91 Å². The second-order valence-electron chi connectivity index (χ2n) is 2.18. The fraction of sp³-hybridized carbons (Fsp3) is 0. The number of rotatable bonds is 1. The molecule has 12 heavy (non-hydrogen) atoms. The Hall–Kier alpha value is -1.42. The van der Waals surface area contributed by atoms with Crippen molar-refractivity contribution in [1.82, 2.24) is 4.98 Å². The van der Waals surface area contributed by atoms with Crippen molar-refractivity contribution in [2.75, 3.05) is 0 Å². The molecule has 2 rings (SSSR count). The van der Waals surface area contributed by atoms with Gasteiger partial charge in [0.05, 0.1) is 12.5 Å². The molecular weight excluding hydrogens is 180 g/mol. The van der Waals surface area contributed by atoms with Crippen LogP contribution in [0.2, 0.25) is 5.02 Å². The average molecular weight is 183 g/mol. The van der Waals surface area contributed by atoms with Crippen LogP contribution in [0.3, 0.4) is 0 Å². The molecule has 0 aliphatic rings. The number of nitroso groups, excluding NO2 is 1. The van der Waals surface area contributed by atoms with Gasteiger partial charge in [-0.25, -0.2) is 0 Å². The molecule has 0 N–H and O–H groups in total. The monoisotopic (exact) mass is 182 g/mol. The largest absolute Gasteiger partial charge is 0.461 e. The number of hydrogen-bond acceptors (Lipinski definition) is 4. The van der Waals surface area contributed by atoms with E-state index in [1.807, 2.05) is 0 Å². The zero-order chi connectivity index (χ0) is 8.55. The minimum atomic E-state index is 0.0964. The molecule has 0 fully saturated rings. The molecule has 2 aromatic heterocycles. The summed E-state index contributed by atoms with van der Waals surface area (Å²) in [6.45, 7) is 0. The number of pyridine rings is 1. The maximum absolute atomic E-state index is 10.2. The maximum Gasteiger partial charge on any atom is 0.173 e. The van der Waals surface area contributed by atoms with E-state index in [-0.39, 0.29) is 10.7 Å². The van der Waals surface area contributed by atoms with Crippen molar-refractivity contribution in [2.24, 2.45) is 5.18 Å². The Morgan fingerprint density at radius 1 is 1.58 bits per heavy atom. The Labute approximate surface area is 72.1 Å². The van der Waals surface area contributed by atoms with Crippen LogP contribution in [0.5, 0.6) is 0 Å². The average Bonchev–Trinajstić information content (AvgIpc) is 2.53. The minimum absolute atomic E-state index is 0.0964. The molecule has 0 unspecified atom stereocenters. The Kier molecular flexibility index (Phi) is 1.55. The number of hydrogen-bond donors (Lipinski definition) is 0. The number of nitrogens with zero attached hydrogens (tertiary/aromatic N) is 2. The van der Waals surface area contributed by atoms with Gasteiger partial charge in [0.1, 0.15) is 16.2 Å². The summed E-state index contributed by atoms with van der Waals surface area (Å²) in [5.41, 5.74) is 1.11. The van der Waals surface area contributed by atoms with Gasteiger partial charge < -0.3 is 4.42 Å². The predicted octanol–water partition coefficient (Wildman–Crippen LogP) is 2.88. The second kappa shape index (κ2) is 2.57. The van der Waals surface area contributed by atoms with Gasteiger partial charge in [-0.3, -0.25) is 4.98 Å². The summed E-state index contributed by atoms with van der Waals surface area (Å²) in [6.07, 6.45) is 2.77. The summed E-state index contributed by atoms with van der Waals surface area (Å²) in [5.74, 6) is 0. The van der Waals surface area contributed by atoms with Crippen LogP contribution in [0, 0.1) is 4.91 Å².